The molecule has 0 saturated heterocycles. The first-order chi connectivity index (χ1) is 15.5. The van der Waals surface area contributed by atoms with Crippen molar-refractivity contribution < 1.29 is 36.7 Å². The van der Waals surface area contributed by atoms with Crippen LogP contribution in [0.1, 0.15) is 36.5 Å². The number of rotatable bonds is 7. The van der Waals surface area contributed by atoms with Gasteiger partial charge in [0.25, 0.3) is 0 Å². The highest BCUT2D eigenvalue weighted by Gasteiger charge is 2.24. The van der Waals surface area contributed by atoms with Crippen LogP contribution in [0, 0.1) is 37.1 Å². The summed E-state index contributed by atoms with van der Waals surface area (Å²) in [4.78, 5) is 18.7. The lowest BCUT2D eigenvalue weighted by Gasteiger charge is -2.16. The largest absolute Gasteiger partial charge is 0.454 e. The summed E-state index contributed by atoms with van der Waals surface area (Å²) in [6, 6.07) is 7.16. The molecule has 176 valence electrons. The van der Waals surface area contributed by atoms with Crippen molar-refractivity contribution in [3.8, 4) is 22.6 Å². The quantitative estimate of drug-likeness (QED) is 0.300. The minimum absolute atomic E-state index is 0.0933. The highest BCUT2D eigenvalue weighted by Crippen LogP contribution is 2.39. The second-order valence-electron chi connectivity index (χ2n) is 7.80. The maximum absolute atomic E-state index is 14.8. The van der Waals surface area contributed by atoms with Crippen LogP contribution in [0.25, 0.3) is 11.1 Å². The van der Waals surface area contributed by atoms with Gasteiger partial charge in [-0.05, 0) is 67.6 Å². The number of aryl methyl sites for hydroxylation is 3. The van der Waals surface area contributed by atoms with Crippen LogP contribution in [0.4, 0.5) is 17.6 Å². The first-order valence-electron chi connectivity index (χ1n) is 10.3. The van der Waals surface area contributed by atoms with Crippen LogP contribution in [-0.4, -0.2) is 9.79 Å². The maximum Gasteiger partial charge on any atom is 0.356 e. The lowest BCUT2D eigenvalue weighted by atomic mass is 9.99. The molecule has 0 amide bonds. The summed E-state index contributed by atoms with van der Waals surface area (Å²) in [5.41, 5.74) is -0.0951. The van der Waals surface area contributed by atoms with E-state index in [1.54, 1.807) is 0 Å². The Morgan fingerprint density at radius 3 is 1.94 bits per heavy atom. The Morgan fingerprint density at radius 2 is 1.39 bits per heavy atom. The van der Waals surface area contributed by atoms with Gasteiger partial charge >= 0.3 is 7.60 Å². The van der Waals surface area contributed by atoms with Gasteiger partial charge in [-0.1, -0.05) is 25.5 Å². The SMILES string of the molecule is CCCCc1ccc(-c2ccc(Oc3c(C)cc(P(=O)(O)O)cc3C)c(F)c2F)c(F)c1F. The lowest BCUT2D eigenvalue weighted by Crippen LogP contribution is -2.07. The van der Waals surface area contributed by atoms with Crippen molar-refractivity contribution in [2.75, 3.05) is 0 Å². The van der Waals surface area contributed by atoms with Gasteiger partial charge in [-0.3, -0.25) is 4.57 Å². The molecule has 0 spiro atoms. The Labute approximate surface area is 189 Å². The van der Waals surface area contributed by atoms with E-state index in [0.29, 0.717) is 24.0 Å². The van der Waals surface area contributed by atoms with Crippen molar-refractivity contribution in [2.45, 2.75) is 40.0 Å². The summed E-state index contributed by atoms with van der Waals surface area (Å²) in [6.45, 7) is 4.92. The standard InChI is InChI=1S/C24H23F4O4P/c1-4-5-6-15-7-8-17(21(26)20(15)25)18-9-10-19(23(28)22(18)27)32-24-13(2)11-16(12-14(24)3)33(29,30)31/h7-12H,4-6H2,1-3H3,(H2,29,30,31). The van der Waals surface area contributed by atoms with Crippen molar-refractivity contribution in [3.63, 3.8) is 0 Å². The third-order valence-corrected chi connectivity index (χ3v) is 6.22. The van der Waals surface area contributed by atoms with Crippen LogP contribution >= 0.6 is 7.60 Å². The predicted molar refractivity (Wildman–Crippen MR) is 118 cm³/mol. The normalized spacial score (nSPS) is 11.7. The molecular weight excluding hydrogens is 459 g/mol. The molecule has 2 N–H and O–H groups in total. The monoisotopic (exact) mass is 482 g/mol. The average molecular weight is 482 g/mol. The Kier molecular flexibility index (Phi) is 7.32. The van der Waals surface area contributed by atoms with Gasteiger partial charge in [0.15, 0.2) is 23.2 Å². The van der Waals surface area contributed by atoms with E-state index >= 15 is 0 Å². The summed E-state index contributed by atoms with van der Waals surface area (Å²) in [7, 11) is -4.51. The zero-order valence-corrected chi connectivity index (χ0v) is 19.1. The predicted octanol–water partition coefficient (Wildman–Crippen LogP) is 6.46. The molecule has 0 aliphatic carbocycles. The molecule has 0 fully saturated rings. The molecule has 0 saturated carbocycles. The summed E-state index contributed by atoms with van der Waals surface area (Å²) < 4.78 is 75.6. The number of unbranched alkanes of at least 4 members (excludes halogenated alkanes) is 1. The number of halogens is 4. The van der Waals surface area contributed by atoms with Crippen LogP contribution < -0.4 is 10.0 Å². The van der Waals surface area contributed by atoms with Gasteiger partial charge in [0.2, 0.25) is 5.82 Å². The molecule has 3 aromatic carbocycles. The Balaban J connectivity index is 1.99. The molecule has 0 unspecified atom stereocenters. The van der Waals surface area contributed by atoms with Crippen LogP contribution in [0.2, 0.25) is 0 Å². The molecule has 33 heavy (non-hydrogen) atoms. The van der Waals surface area contributed by atoms with Crippen molar-refractivity contribution in [1.29, 1.82) is 0 Å². The highest BCUT2D eigenvalue weighted by atomic mass is 31.2. The van der Waals surface area contributed by atoms with E-state index in [1.807, 2.05) is 6.92 Å². The Bertz CT molecular complexity index is 1230. The molecule has 0 aliphatic rings. The summed E-state index contributed by atoms with van der Waals surface area (Å²) in [5.74, 6) is -5.56. The molecule has 9 heteroatoms. The van der Waals surface area contributed by atoms with E-state index in [4.69, 9.17) is 4.74 Å². The minimum atomic E-state index is -4.51. The van der Waals surface area contributed by atoms with Gasteiger partial charge < -0.3 is 14.5 Å². The molecule has 0 heterocycles. The zero-order chi connectivity index (χ0) is 24.5. The number of hydrogen-bond acceptors (Lipinski definition) is 2. The van der Waals surface area contributed by atoms with Crippen LogP contribution in [0.3, 0.4) is 0 Å². The number of ether oxygens (including phenoxy) is 1. The van der Waals surface area contributed by atoms with Crippen LogP contribution in [0.15, 0.2) is 36.4 Å². The molecule has 4 nitrogen and oxygen atoms in total. The molecule has 0 radical (unpaired) electrons. The highest BCUT2D eigenvalue weighted by molar-refractivity contribution is 7.60. The van der Waals surface area contributed by atoms with Gasteiger partial charge in [0, 0.05) is 11.1 Å². The maximum atomic E-state index is 14.8. The van der Waals surface area contributed by atoms with E-state index in [0.717, 1.165) is 18.6 Å². The topological polar surface area (TPSA) is 66.8 Å². The van der Waals surface area contributed by atoms with Gasteiger partial charge in [-0.15, -0.1) is 0 Å². The van der Waals surface area contributed by atoms with E-state index < -0.39 is 47.7 Å². The zero-order valence-electron chi connectivity index (χ0n) is 18.3. The van der Waals surface area contributed by atoms with Gasteiger partial charge in [0.1, 0.15) is 5.75 Å². The van der Waals surface area contributed by atoms with Gasteiger partial charge in [-0.2, -0.15) is 4.39 Å². The van der Waals surface area contributed by atoms with Crippen molar-refractivity contribution in [3.05, 3.63) is 76.4 Å². The summed E-state index contributed by atoms with van der Waals surface area (Å²) in [5, 5.41) is -0.230. The average Bonchev–Trinajstić information content (AvgIpc) is 2.74. The number of benzene rings is 3. The van der Waals surface area contributed by atoms with E-state index in [-0.39, 0.29) is 16.6 Å². The smallest absolute Gasteiger partial charge is 0.356 e. The van der Waals surface area contributed by atoms with E-state index in [2.05, 4.69) is 0 Å². The fourth-order valence-electron chi connectivity index (χ4n) is 3.54. The molecule has 0 bridgehead atoms. The fraction of sp³-hybridized carbons (Fsp3) is 0.250. The number of hydrogen-bond donors (Lipinski definition) is 2. The third kappa shape index (κ3) is 5.13. The molecule has 3 aromatic rings. The first-order valence-corrected chi connectivity index (χ1v) is 11.9. The van der Waals surface area contributed by atoms with Gasteiger partial charge in [-0.25, -0.2) is 13.2 Å². The van der Waals surface area contributed by atoms with E-state index in [9.17, 15) is 31.9 Å². The summed E-state index contributed by atoms with van der Waals surface area (Å²) >= 11 is 0. The minimum Gasteiger partial charge on any atom is -0.454 e. The second-order valence-corrected chi connectivity index (χ2v) is 9.40. The van der Waals surface area contributed by atoms with Crippen molar-refractivity contribution in [2.24, 2.45) is 0 Å². The molecule has 0 aliphatic heterocycles. The molecule has 0 atom stereocenters. The Morgan fingerprint density at radius 1 is 0.848 bits per heavy atom. The summed E-state index contributed by atoms with van der Waals surface area (Å²) in [6.07, 6.45) is 1.80. The second kappa shape index (κ2) is 9.67. The van der Waals surface area contributed by atoms with Crippen molar-refractivity contribution >= 4 is 12.9 Å². The fourth-order valence-corrected chi connectivity index (χ4v) is 4.27. The molecule has 0 aromatic heterocycles. The van der Waals surface area contributed by atoms with Gasteiger partial charge in [0.05, 0.1) is 5.30 Å². The van der Waals surface area contributed by atoms with Crippen LogP contribution in [-0.2, 0) is 11.0 Å². The lowest BCUT2D eigenvalue weighted by molar-refractivity contribution is 0.387. The van der Waals surface area contributed by atoms with Crippen molar-refractivity contribution in [1.82, 2.24) is 0 Å². The molecular formula is C24H23F4O4P. The Hall–Kier alpha value is -2.67. The molecule has 3 rings (SSSR count). The first kappa shape index (κ1) is 25.0. The third-order valence-electron chi connectivity index (χ3n) is 5.29. The van der Waals surface area contributed by atoms with Crippen LogP contribution in [0.5, 0.6) is 11.5 Å². The van der Waals surface area contributed by atoms with E-state index in [1.165, 1.54) is 38.1 Å².